The highest BCUT2D eigenvalue weighted by Gasteiger charge is 2.25. The third-order valence-electron chi connectivity index (χ3n) is 4.41. The van der Waals surface area contributed by atoms with E-state index in [1.165, 1.54) is 43.6 Å². The molecule has 1 aromatic carbocycles. The van der Waals surface area contributed by atoms with Crippen LogP contribution in [-0.4, -0.2) is 44.6 Å². The lowest BCUT2D eigenvalue weighted by atomic mass is 10.1. The van der Waals surface area contributed by atoms with E-state index >= 15 is 0 Å². The van der Waals surface area contributed by atoms with E-state index in [0.29, 0.717) is 41.4 Å². The average molecular weight is 423 g/mol. The van der Waals surface area contributed by atoms with Crippen molar-refractivity contribution in [1.82, 2.24) is 4.90 Å². The second-order valence-corrected chi connectivity index (χ2v) is 7.04. The van der Waals surface area contributed by atoms with Crippen LogP contribution in [0.3, 0.4) is 0 Å². The van der Waals surface area contributed by atoms with E-state index in [0.717, 1.165) is 5.56 Å². The predicted molar refractivity (Wildman–Crippen MR) is 116 cm³/mol. The summed E-state index contributed by atoms with van der Waals surface area (Å²) in [5.74, 6) is 6.46. The van der Waals surface area contributed by atoms with E-state index in [4.69, 9.17) is 14.2 Å². The molecular formula is C23H21NO5S. The highest BCUT2D eigenvalue weighted by atomic mass is 32.1. The van der Waals surface area contributed by atoms with Crippen molar-refractivity contribution in [2.24, 2.45) is 0 Å². The molecule has 0 radical (unpaired) electrons. The van der Waals surface area contributed by atoms with Gasteiger partial charge in [0.2, 0.25) is 5.75 Å². The molecule has 2 amide bonds. The molecule has 154 valence electrons. The van der Waals surface area contributed by atoms with E-state index < -0.39 is 5.91 Å². The summed E-state index contributed by atoms with van der Waals surface area (Å²) in [5.41, 5.74) is 1.86. The number of methoxy groups -OCH3 is 3. The lowest BCUT2D eigenvalue weighted by Gasteiger charge is -2.22. The van der Waals surface area contributed by atoms with Gasteiger partial charge in [-0.1, -0.05) is 17.9 Å². The van der Waals surface area contributed by atoms with Gasteiger partial charge in [-0.15, -0.1) is 0 Å². The molecule has 7 heteroatoms. The number of hydrogen-bond acceptors (Lipinski definition) is 6. The third kappa shape index (κ3) is 4.73. The summed E-state index contributed by atoms with van der Waals surface area (Å²) in [4.78, 5) is 26.5. The van der Waals surface area contributed by atoms with Crippen LogP contribution in [0.5, 0.6) is 17.2 Å². The Morgan fingerprint density at radius 2 is 1.87 bits per heavy atom. The van der Waals surface area contributed by atoms with Crippen LogP contribution in [0.1, 0.15) is 17.5 Å². The molecule has 0 aliphatic carbocycles. The Bertz CT molecular complexity index is 1030. The monoisotopic (exact) mass is 423 g/mol. The second kappa shape index (κ2) is 9.81. The van der Waals surface area contributed by atoms with Gasteiger partial charge in [-0.2, -0.15) is 11.3 Å². The van der Waals surface area contributed by atoms with E-state index in [9.17, 15) is 9.59 Å². The Morgan fingerprint density at radius 1 is 1.13 bits per heavy atom. The Labute approximate surface area is 179 Å². The van der Waals surface area contributed by atoms with Gasteiger partial charge in [0.15, 0.2) is 11.5 Å². The zero-order chi connectivity index (χ0) is 21.5. The molecule has 0 saturated carbocycles. The molecule has 1 aromatic heterocycles. The smallest absolute Gasteiger partial charge is 0.268 e. The number of carbonyl (C=O) groups excluding carboxylic acids is 2. The van der Waals surface area contributed by atoms with E-state index in [1.54, 1.807) is 24.3 Å². The summed E-state index contributed by atoms with van der Waals surface area (Å²) < 4.78 is 15.9. The molecule has 6 nitrogen and oxygen atoms in total. The van der Waals surface area contributed by atoms with Gasteiger partial charge in [0, 0.05) is 23.6 Å². The zero-order valence-corrected chi connectivity index (χ0v) is 17.7. The predicted octanol–water partition coefficient (Wildman–Crippen LogP) is 3.52. The molecule has 1 aliphatic rings. The summed E-state index contributed by atoms with van der Waals surface area (Å²) in [6.07, 6.45) is 5.31. The maximum absolute atomic E-state index is 12.7. The fraction of sp³-hybridized carbons (Fsp3) is 0.217. The Balaban J connectivity index is 1.76. The van der Waals surface area contributed by atoms with Crippen LogP contribution in [0.2, 0.25) is 0 Å². The number of carbonyl (C=O) groups is 2. The van der Waals surface area contributed by atoms with Gasteiger partial charge in [0.25, 0.3) is 11.8 Å². The molecular weight excluding hydrogens is 402 g/mol. The molecule has 0 bridgehead atoms. The van der Waals surface area contributed by atoms with Crippen LogP contribution in [0.4, 0.5) is 0 Å². The highest BCUT2D eigenvalue weighted by molar-refractivity contribution is 7.08. The van der Waals surface area contributed by atoms with Crippen LogP contribution in [0, 0.1) is 11.8 Å². The van der Waals surface area contributed by atoms with Gasteiger partial charge in [0.1, 0.15) is 0 Å². The molecule has 0 fully saturated rings. The minimum Gasteiger partial charge on any atom is -0.493 e. The van der Waals surface area contributed by atoms with Crippen LogP contribution >= 0.6 is 11.3 Å². The highest BCUT2D eigenvalue weighted by Crippen LogP contribution is 2.38. The first-order valence-corrected chi connectivity index (χ1v) is 10.1. The zero-order valence-electron chi connectivity index (χ0n) is 16.9. The first-order valence-electron chi connectivity index (χ1n) is 9.15. The van der Waals surface area contributed by atoms with Gasteiger partial charge >= 0.3 is 0 Å². The fourth-order valence-corrected chi connectivity index (χ4v) is 3.51. The lowest BCUT2D eigenvalue weighted by molar-refractivity contribution is -0.139. The number of thiophene rings is 1. The minimum atomic E-state index is -0.406. The summed E-state index contributed by atoms with van der Waals surface area (Å²) in [7, 11) is 4.56. The van der Waals surface area contributed by atoms with Crippen molar-refractivity contribution in [3.05, 3.63) is 57.8 Å². The number of hydrogen-bond donors (Lipinski definition) is 0. The van der Waals surface area contributed by atoms with E-state index in [1.807, 2.05) is 16.8 Å². The number of ether oxygens (including phenoxy) is 3. The van der Waals surface area contributed by atoms with Crippen molar-refractivity contribution in [1.29, 1.82) is 0 Å². The molecule has 1 aliphatic heterocycles. The lowest BCUT2D eigenvalue weighted by Crippen LogP contribution is -2.39. The molecule has 0 unspecified atom stereocenters. The summed E-state index contributed by atoms with van der Waals surface area (Å²) >= 11 is 1.54. The van der Waals surface area contributed by atoms with Crippen molar-refractivity contribution in [3.63, 3.8) is 0 Å². The van der Waals surface area contributed by atoms with Crippen LogP contribution in [-0.2, 0) is 9.59 Å². The quantitative estimate of drug-likeness (QED) is 0.544. The van der Waals surface area contributed by atoms with Gasteiger partial charge in [-0.25, -0.2) is 0 Å². The maximum Gasteiger partial charge on any atom is 0.268 e. The SMILES string of the molecule is COc1cc(C=CC(=O)N2CCC=C(C#Cc3ccsc3)C2=O)cc(OC)c1OC. The van der Waals surface area contributed by atoms with Crippen molar-refractivity contribution in [2.75, 3.05) is 27.9 Å². The molecule has 30 heavy (non-hydrogen) atoms. The molecule has 0 spiro atoms. The normalized spacial score (nSPS) is 13.5. The Kier molecular flexibility index (Phi) is 6.94. The standard InChI is InChI=1S/C23H21NO5S/c1-27-19-13-17(14-20(28-2)22(19)29-3)7-9-21(25)24-11-4-5-18(23(24)26)8-6-16-10-12-30-15-16/h5,7,9-10,12-15H,4,11H2,1-3H3. The number of rotatable bonds is 5. The van der Waals surface area contributed by atoms with Crippen molar-refractivity contribution in [2.45, 2.75) is 6.42 Å². The second-order valence-electron chi connectivity index (χ2n) is 6.26. The molecule has 2 aromatic rings. The third-order valence-corrected chi connectivity index (χ3v) is 5.09. The summed E-state index contributed by atoms with van der Waals surface area (Å²) in [5, 5.41) is 3.83. The summed E-state index contributed by atoms with van der Waals surface area (Å²) in [6.45, 7) is 0.320. The average Bonchev–Trinajstić information content (AvgIpc) is 3.29. The Morgan fingerprint density at radius 3 is 2.47 bits per heavy atom. The molecule has 0 N–H and O–H groups in total. The topological polar surface area (TPSA) is 65.1 Å². The van der Waals surface area contributed by atoms with Crippen LogP contribution in [0.25, 0.3) is 6.08 Å². The number of nitrogens with zero attached hydrogens (tertiary/aromatic N) is 1. The first-order chi connectivity index (χ1) is 14.6. The first kappa shape index (κ1) is 21.2. The van der Waals surface area contributed by atoms with E-state index in [-0.39, 0.29) is 5.91 Å². The number of benzene rings is 1. The van der Waals surface area contributed by atoms with Gasteiger partial charge < -0.3 is 14.2 Å². The van der Waals surface area contributed by atoms with Gasteiger partial charge in [-0.05, 0) is 41.6 Å². The minimum absolute atomic E-state index is 0.320. The number of imide groups is 1. The maximum atomic E-state index is 12.7. The van der Waals surface area contributed by atoms with Crippen molar-refractivity contribution < 1.29 is 23.8 Å². The molecule has 3 rings (SSSR count). The van der Waals surface area contributed by atoms with Gasteiger partial charge in [-0.3, -0.25) is 14.5 Å². The molecule has 0 atom stereocenters. The van der Waals surface area contributed by atoms with Gasteiger partial charge in [0.05, 0.1) is 26.9 Å². The molecule has 2 heterocycles. The van der Waals surface area contributed by atoms with Crippen molar-refractivity contribution >= 4 is 29.2 Å². The van der Waals surface area contributed by atoms with Crippen LogP contribution in [0.15, 0.2) is 46.7 Å². The Hall–Kier alpha value is -3.50. The van der Waals surface area contributed by atoms with Crippen LogP contribution < -0.4 is 14.2 Å². The summed E-state index contributed by atoms with van der Waals surface area (Å²) in [6, 6.07) is 5.33. The molecule has 0 saturated heterocycles. The number of amides is 2. The van der Waals surface area contributed by atoms with Crippen molar-refractivity contribution in [3.8, 4) is 29.1 Å². The fourth-order valence-electron chi connectivity index (χ4n) is 2.92. The van der Waals surface area contributed by atoms with E-state index in [2.05, 4.69) is 11.8 Å². The largest absolute Gasteiger partial charge is 0.493 e.